The van der Waals surface area contributed by atoms with Gasteiger partial charge in [-0.1, -0.05) is 73.3 Å². The first-order chi connectivity index (χ1) is 11.3. The van der Waals surface area contributed by atoms with Crippen LogP contribution in [0.1, 0.15) is 11.1 Å². The summed E-state index contributed by atoms with van der Waals surface area (Å²) in [4.78, 5) is 0. The van der Waals surface area contributed by atoms with Gasteiger partial charge in [0, 0.05) is 5.56 Å². The fourth-order valence-electron chi connectivity index (χ4n) is 2.70. The molecule has 0 fully saturated rings. The minimum absolute atomic E-state index is 0.949. The molecule has 0 saturated heterocycles. The van der Waals surface area contributed by atoms with Crippen molar-refractivity contribution in [1.82, 2.24) is 8.75 Å². The third-order valence-corrected chi connectivity index (χ3v) is 4.50. The van der Waals surface area contributed by atoms with Crippen LogP contribution in [0.3, 0.4) is 0 Å². The Bertz CT molecular complexity index is 969. The largest absolute Gasteiger partial charge is 0.173 e. The van der Waals surface area contributed by atoms with E-state index < -0.39 is 0 Å². The Labute approximate surface area is 139 Å². The number of fused-ring (bicyclic) bond motifs is 1. The first-order valence-electron chi connectivity index (χ1n) is 7.39. The average Bonchev–Trinajstić information content (AvgIpc) is 3.11. The first kappa shape index (κ1) is 13.9. The van der Waals surface area contributed by atoms with Crippen molar-refractivity contribution in [2.75, 3.05) is 0 Å². The molecule has 0 spiro atoms. The van der Waals surface area contributed by atoms with Gasteiger partial charge in [-0.2, -0.15) is 8.75 Å². The van der Waals surface area contributed by atoms with E-state index in [4.69, 9.17) is 0 Å². The number of hydrogen-bond donors (Lipinski definition) is 0. The zero-order valence-electron chi connectivity index (χ0n) is 12.4. The summed E-state index contributed by atoms with van der Waals surface area (Å²) in [5.41, 5.74) is 7.48. The number of aromatic nitrogens is 2. The summed E-state index contributed by atoms with van der Waals surface area (Å²) in [5.74, 6) is 0. The van der Waals surface area contributed by atoms with E-state index >= 15 is 0 Å². The molecule has 0 radical (unpaired) electrons. The summed E-state index contributed by atoms with van der Waals surface area (Å²) in [6.07, 6.45) is 0. The van der Waals surface area contributed by atoms with Crippen molar-refractivity contribution >= 4 is 28.3 Å². The summed E-state index contributed by atoms with van der Waals surface area (Å²) in [6, 6.07) is 24.8. The van der Waals surface area contributed by atoms with Crippen molar-refractivity contribution < 1.29 is 0 Å². The molecule has 0 N–H and O–H groups in total. The highest BCUT2D eigenvalue weighted by Crippen LogP contribution is 2.29. The van der Waals surface area contributed by atoms with Gasteiger partial charge in [0.1, 0.15) is 11.0 Å². The number of hydrogen-bond acceptors (Lipinski definition) is 3. The second-order valence-corrected chi connectivity index (χ2v) is 5.89. The molecule has 1 heterocycles. The topological polar surface area (TPSA) is 25.8 Å². The molecule has 3 aromatic carbocycles. The highest BCUT2D eigenvalue weighted by molar-refractivity contribution is 7.00. The van der Waals surface area contributed by atoms with Crippen molar-refractivity contribution in [2.45, 2.75) is 0 Å². The molecule has 4 rings (SSSR count). The zero-order valence-corrected chi connectivity index (χ0v) is 13.3. The molecule has 0 saturated carbocycles. The minimum Gasteiger partial charge on any atom is -0.173 e. The van der Waals surface area contributed by atoms with E-state index in [1.54, 1.807) is 0 Å². The van der Waals surface area contributed by atoms with Crippen LogP contribution >= 0.6 is 11.7 Å². The van der Waals surface area contributed by atoms with Crippen molar-refractivity contribution in [3.63, 3.8) is 0 Å². The number of benzene rings is 3. The smallest absolute Gasteiger partial charge is 0.112 e. The Kier molecular flexibility index (Phi) is 3.48. The quantitative estimate of drug-likeness (QED) is 0.504. The Balaban J connectivity index is 1.71. The van der Waals surface area contributed by atoms with Gasteiger partial charge in [-0.25, -0.2) is 0 Å². The minimum atomic E-state index is 0.949. The standard InChI is InChI=1S/C20H14N2S/c1-14(15-6-3-2-4-7-15)16-10-12-17(13-11-16)18-8-5-9-19-20(18)22-23-21-19/h2-13H,1H2. The average molecular weight is 314 g/mol. The van der Waals surface area contributed by atoms with Crippen LogP contribution in [0, 0.1) is 0 Å². The molecule has 0 atom stereocenters. The predicted octanol–water partition coefficient (Wildman–Crippen LogP) is 5.42. The fourth-order valence-corrected chi connectivity index (χ4v) is 3.25. The van der Waals surface area contributed by atoms with Crippen LogP contribution in [-0.4, -0.2) is 8.75 Å². The normalized spacial score (nSPS) is 10.8. The molecule has 1 aromatic heterocycles. The van der Waals surface area contributed by atoms with Gasteiger partial charge in [-0.3, -0.25) is 0 Å². The van der Waals surface area contributed by atoms with Gasteiger partial charge in [0.05, 0.1) is 11.7 Å². The number of nitrogens with zero attached hydrogens (tertiary/aromatic N) is 2. The maximum Gasteiger partial charge on any atom is 0.112 e. The molecule has 0 bridgehead atoms. The van der Waals surface area contributed by atoms with Gasteiger partial charge in [0.25, 0.3) is 0 Å². The number of rotatable bonds is 3. The molecule has 4 aromatic rings. The summed E-state index contributed by atoms with van der Waals surface area (Å²) >= 11 is 1.25. The van der Waals surface area contributed by atoms with E-state index in [0.29, 0.717) is 0 Å². The fraction of sp³-hybridized carbons (Fsp3) is 0. The van der Waals surface area contributed by atoms with E-state index in [1.165, 1.54) is 11.7 Å². The van der Waals surface area contributed by atoms with E-state index in [0.717, 1.165) is 38.9 Å². The Hall–Kier alpha value is -2.78. The Morgan fingerprint density at radius 1 is 0.739 bits per heavy atom. The van der Waals surface area contributed by atoms with Gasteiger partial charge < -0.3 is 0 Å². The van der Waals surface area contributed by atoms with Crippen molar-refractivity contribution in [2.24, 2.45) is 0 Å². The Morgan fingerprint density at radius 2 is 1.48 bits per heavy atom. The third kappa shape index (κ3) is 2.56. The van der Waals surface area contributed by atoms with Gasteiger partial charge in [-0.05, 0) is 28.3 Å². The van der Waals surface area contributed by atoms with Crippen LogP contribution in [-0.2, 0) is 0 Å². The summed E-state index contributed by atoms with van der Waals surface area (Å²) in [5, 5.41) is 0. The lowest BCUT2D eigenvalue weighted by molar-refractivity contribution is 1.54. The monoisotopic (exact) mass is 314 g/mol. The summed E-state index contributed by atoms with van der Waals surface area (Å²) in [6.45, 7) is 4.22. The van der Waals surface area contributed by atoms with E-state index in [1.807, 2.05) is 30.3 Å². The van der Waals surface area contributed by atoms with Crippen molar-refractivity contribution in [1.29, 1.82) is 0 Å². The second-order valence-electron chi connectivity index (χ2n) is 5.36. The second kappa shape index (κ2) is 5.78. The molecular formula is C20H14N2S. The van der Waals surface area contributed by atoms with Crippen LogP contribution in [0.5, 0.6) is 0 Å². The van der Waals surface area contributed by atoms with Crippen molar-refractivity contribution in [3.05, 3.63) is 90.5 Å². The van der Waals surface area contributed by atoms with E-state index in [-0.39, 0.29) is 0 Å². The summed E-state index contributed by atoms with van der Waals surface area (Å²) < 4.78 is 8.72. The lowest BCUT2D eigenvalue weighted by Crippen LogP contribution is -1.87. The molecule has 0 amide bonds. The zero-order chi connectivity index (χ0) is 15.6. The predicted molar refractivity (Wildman–Crippen MR) is 97.4 cm³/mol. The van der Waals surface area contributed by atoms with Gasteiger partial charge in [0.2, 0.25) is 0 Å². The summed E-state index contributed by atoms with van der Waals surface area (Å²) in [7, 11) is 0. The highest BCUT2D eigenvalue weighted by atomic mass is 32.1. The maximum absolute atomic E-state index is 4.41. The maximum atomic E-state index is 4.41. The van der Waals surface area contributed by atoms with Gasteiger partial charge >= 0.3 is 0 Å². The Morgan fingerprint density at radius 3 is 2.26 bits per heavy atom. The molecule has 23 heavy (non-hydrogen) atoms. The van der Waals surface area contributed by atoms with Crippen LogP contribution < -0.4 is 0 Å². The molecule has 0 aliphatic heterocycles. The van der Waals surface area contributed by atoms with E-state index in [2.05, 4.69) is 57.8 Å². The molecule has 2 nitrogen and oxygen atoms in total. The molecule has 110 valence electrons. The van der Waals surface area contributed by atoms with Gasteiger partial charge in [-0.15, -0.1) is 0 Å². The lowest BCUT2D eigenvalue weighted by atomic mass is 9.96. The SMILES string of the molecule is C=C(c1ccccc1)c1ccc(-c2cccc3nsnc23)cc1. The molecule has 0 unspecified atom stereocenters. The van der Waals surface area contributed by atoms with Crippen LogP contribution in [0.15, 0.2) is 79.4 Å². The third-order valence-electron chi connectivity index (χ3n) is 3.95. The van der Waals surface area contributed by atoms with Crippen molar-refractivity contribution in [3.8, 4) is 11.1 Å². The highest BCUT2D eigenvalue weighted by Gasteiger charge is 2.08. The van der Waals surface area contributed by atoms with Crippen LogP contribution in [0.2, 0.25) is 0 Å². The molecular weight excluding hydrogens is 300 g/mol. The molecule has 3 heteroatoms. The van der Waals surface area contributed by atoms with Crippen LogP contribution in [0.25, 0.3) is 27.7 Å². The molecule has 0 aliphatic carbocycles. The first-order valence-corrected chi connectivity index (χ1v) is 8.12. The van der Waals surface area contributed by atoms with E-state index in [9.17, 15) is 0 Å². The molecule has 0 aliphatic rings. The van der Waals surface area contributed by atoms with Gasteiger partial charge in [0.15, 0.2) is 0 Å². The lowest BCUT2D eigenvalue weighted by Gasteiger charge is -2.08. The van der Waals surface area contributed by atoms with Crippen LogP contribution in [0.4, 0.5) is 0 Å².